The third-order valence-electron chi connectivity index (χ3n) is 4.58. The Morgan fingerprint density at radius 1 is 1.19 bits per heavy atom. The van der Waals surface area contributed by atoms with E-state index in [1.54, 1.807) is 0 Å². The zero-order chi connectivity index (χ0) is 14.7. The third-order valence-corrected chi connectivity index (χ3v) is 4.58. The van der Waals surface area contributed by atoms with Gasteiger partial charge in [-0.1, -0.05) is 31.2 Å². The summed E-state index contributed by atoms with van der Waals surface area (Å²) in [6.45, 7) is 5.40. The van der Waals surface area contributed by atoms with Crippen LogP contribution in [0, 0.1) is 0 Å². The molecule has 3 heteroatoms. The summed E-state index contributed by atoms with van der Waals surface area (Å²) < 4.78 is 0. The number of rotatable bonds is 3. The summed E-state index contributed by atoms with van der Waals surface area (Å²) in [5.41, 5.74) is 1.21. The van der Waals surface area contributed by atoms with Gasteiger partial charge in [0.1, 0.15) is 0 Å². The smallest absolute Gasteiger partial charge is 0.0930 e. The molecule has 0 radical (unpaired) electrons. The fourth-order valence-electron chi connectivity index (χ4n) is 3.46. The molecule has 3 nitrogen and oxygen atoms in total. The number of nitrogens with zero attached hydrogens (tertiary/aromatic N) is 2. The van der Waals surface area contributed by atoms with Crippen LogP contribution in [0.3, 0.4) is 0 Å². The number of hydrogen-bond donors (Lipinski definition) is 1. The van der Waals surface area contributed by atoms with Crippen LogP contribution in [0.1, 0.15) is 38.2 Å². The second-order valence-electron chi connectivity index (χ2n) is 6.11. The molecule has 0 aliphatic carbocycles. The normalized spacial score (nSPS) is 24.1. The average Bonchev–Trinajstić information content (AvgIpc) is 2.70. The van der Waals surface area contributed by atoms with E-state index in [1.807, 2.05) is 24.4 Å². The quantitative estimate of drug-likeness (QED) is 0.939. The summed E-state index contributed by atoms with van der Waals surface area (Å²) >= 11 is 0. The van der Waals surface area contributed by atoms with E-state index in [2.05, 4.69) is 28.9 Å². The van der Waals surface area contributed by atoms with E-state index in [0.29, 0.717) is 0 Å². The van der Waals surface area contributed by atoms with Crippen molar-refractivity contribution in [2.75, 3.05) is 19.6 Å². The molecule has 1 unspecified atom stereocenters. The summed E-state index contributed by atoms with van der Waals surface area (Å²) in [5, 5.41) is 12.3. The number of aliphatic hydroxyl groups is 1. The molecule has 1 aliphatic rings. The number of para-hydroxylation sites is 1. The van der Waals surface area contributed by atoms with Crippen LogP contribution in [-0.4, -0.2) is 34.6 Å². The molecule has 0 spiro atoms. The maximum atomic E-state index is 11.2. The molecule has 3 rings (SSSR count). The van der Waals surface area contributed by atoms with Crippen LogP contribution < -0.4 is 0 Å². The van der Waals surface area contributed by atoms with Crippen molar-refractivity contribution in [3.05, 3.63) is 42.1 Å². The molecule has 1 saturated heterocycles. The molecule has 0 bridgehead atoms. The van der Waals surface area contributed by atoms with Crippen LogP contribution in [0.2, 0.25) is 0 Å². The van der Waals surface area contributed by atoms with Gasteiger partial charge >= 0.3 is 0 Å². The lowest BCUT2D eigenvalue weighted by atomic mass is 9.85. The van der Waals surface area contributed by atoms with E-state index in [9.17, 15) is 5.11 Å². The topological polar surface area (TPSA) is 36.4 Å². The maximum absolute atomic E-state index is 11.2. The average molecular weight is 284 g/mol. The first-order chi connectivity index (χ1) is 10.2. The number of fused-ring (bicyclic) bond motifs is 1. The Balaban J connectivity index is 1.93. The van der Waals surface area contributed by atoms with E-state index < -0.39 is 5.60 Å². The van der Waals surface area contributed by atoms with Crippen molar-refractivity contribution in [1.82, 2.24) is 9.88 Å². The van der Waals surface area contributed by atoms with E-state index in [0.717, 1.165) is 55.4 Å². The Bertz CT molecular complexity index is 608. The molecule has 0 amide bonds. The minimum absolute atomic E-state index is 0.740. The molecule has 112 valence electrons. The summed E-state index contributed by atoms with van der Waals surface area (Å²) in [7, 11) is 0. The second kappa shape index (κ2) is 6.12. The molecular formula is C18H24N2O. The van der Waals surface area contributed by atoms with Crippen LogP contribution in [0.5, 0.6) is 0 Å². The van der Waals surface area contributed by atoms with Crippen molar-refractivity contribution >= 4 is 10.9 Å². The molecule has 0 saturated carbocycles. The lowest BCUT2D eigenvalue weighted by Crippen LogP contribution is -2.30. The Kier molecular flexibility index (Phi) is 4.22. The van der Waals surface area contributed by atoms with E-state index in [-0.39, 0.29) is 0 Å². The number of pyridine rings is 1. The minimum atomic E-state index is -0.740. The van der Waals surface area contributed by atoms with Crippen molar-refractivity contribution in [2.24, 2.45) is 0 Å². The van der Waals surface area contributed by atoms with Crippen LogP contribution >= 0.6 is 0 Å². The number of benzene rings is 1. The summed E-state index contributed by atoms with van der Waals surface area (Å²) in [4.78, 5) is 6.98. The van der Waals surface area contributed by atoms with Gasteiger partial charge in [0.2, 0.25) is 0 Å². The molecule has 1 aliphatic heterocycles. The van der Waals surface area contributed by atoms with Gasteiger partial charge in [-0.3, -0.25) is 4.98 Å². The SMILES string of the molecule is CCCN1CCCC(O)(c2cccc3cccnc23)CC1. The first-order valence-electron chi connectivity index (χ1n) is 8.02. The monoisotopic (exact) mass is 284 g/mol. The van der Waals surface area contributed by atoms with Gasteiger partial charge in [0.25, 0.3) is 0 Å². The fraction of sp³-hybridized carbons (Fsp3) is 0.500. The van der Waals surface area contributed by atoms with Gasteiger partial charge in [-0.15, -0.1) is 0 Å². The molecule has 1 N–H and O–H groups in total. The summed E-state index contributed by atoms with van der Waals surface area (Å²) in [6, 6.07) is 10.2. The minimum Gasteiger partial charge on any atom is -0.385 e. The number of hydrogen-bond acceptors (Lipinski definition) is 3. The van der Waals surface area contributed by atoms with Crippen molar-refractivity contribution in [3.63, 3.8) is 0 Å². The Labute approximate surface area is 126 Å². The van der Waals surface area contributed by atoms with Crippen molar-refractivity contribution in [2.45, 2.75) is 38.2 Å². The van der Waals surface area contributed by atoms with Gasteiger partial charge in [0.15, 0.2) is 0 Å². The standard InChI is InChI=1S/C18H24N2O/c1-2-12-20-13-5-9-18(21,10-14-20)16-8-3-6-15-7-4-11-19-17(15)16/h3-4,6-8,11,21H,2,5,9-10,12-14H2,1H3. The molecule has 1 aromatic carbocycles. The number of likely N-dealkylation sites (tertiary alicyclic amines) is 1. The van der Waals surface area contributed by atoms with Gasteiger partial charge in [-0.25, -0.2) is 0 Å². The molecule has 1 atom stereocenters. The fourth-order valence-corrected chi connectivity index (χ4v) is 3.46. The Hall–Kier alpha value is -1.45. The predicted molar refractivity (Wildman–Crippen MR) is 86.2 cm³/mol. The zero-order valence-electron chi connectivity index (χ0n) is 12.8. The molecule has 2 heterocycles. The van der Waals surface area contributed by atoms with Gasteiger partial charge in [0, 0.05) is 23.7 Å². The van der Waals surface area contributed by atoms with Gasteiger partial charge in [-0.2, -0.15) is 0 Å². The van der Waals surface area contributed by atoms with Crippen LogP contribution in [-0.2, 0) is 5.60 Å². The Morgan fingerprint density at radius 2 is 2.05 bits per heavy atom. The molecule has 2 aromatic rings. The summed E-state index contributed by atoms with van der Waals surface area (Å²) in [5.74, 6) is 0. The third kappa shape index (κ3) is 2.94. The van der Waals surface area contributed by atoms with Crippen molar-refractivity contribution < 1.29 is 5.11 Å². The number of aromatic nitrogens is 1. The molecule has 21 heavy (non-hydrogen) atoms. The summed E-state index contributed by atoms with van der Waals surface area (Å²) in [6.07, 6.45) is 5.65. The zero-order valence-corrected chi connectivity index (χ0v) is 12.8. The van der Waals surface area contributed by atoms with Crippen molar-refractivity contribution in [1.29, 1.82) is 0 Å². The highest BCUT2D eigenvalue weighted by Crippen LogP contribution is 2.36. The van der Waals surface area contributed by atoms with E-state index in [1.165, 1.54) is 6.42 Å². The van der Waals surface area contributed by atoms with E-state index in [4.69, 9.17) is 0 Å². The first kappa shape index (κ1) is 14.5. The second-order valence-corrected chi connectivity index (χ2v) is 6.11. The Morgan fingerprint density at radius 3 is 2.90 bits per heavy atom. The van der Waals surface area contributed by atoms with Gasteiger partial charge in [-0.05, 0) is 44.8 Å². The van der Waals surface area contributed by atoms with E-state index >= 15 is 0 Å². The van der Waals surface area contributed by atoms with Crippen LogP contribution in [0.25, 0.3) is 10.9 Å². The van der Waals surface area contributed by atoms with Crippen LogP contribution in [0.4, 0.5) is 0 Å². The molecular weight excluding hydrogens is 260 g/mol. The van der Waals surface area contributed by atoms with Gasteiger partial charge in [0.05, 0.1) is 11.1 Å². The largest absolute Gasteiger partial charge is 0.385 e. The predicted octanol–water partition coefficient (Wildman–Crippen LogP) is 3.32. The highest BCUT2D eigenvalue weighted by atomic mass is 16.3. The lowest BCUT2D eigenvalue weighted by molar-refractivity contribution is 0.0225. The lowest BCUT2D eigenvalue weighted by Gasteiger charge is -2.28. The van der Waals surface area contributed by atoms with Gasteiger partial charge < -0.3 is 10.0 Å². The van der Waals surface area contributed by atoms with Crippen LogP contribution in [0.15, 0.2) is 36.5 Å². The first-order valence-corrected chi connectivity index (χ1v) is 8.02. The van der Waals surface area contributed by atoms with Crippen molar-refractivity contribution in [3.8, 4) is 0 Å². The molecule has 1 aromatic heterocycles. The maximum Gasteiger partial charge on any atom is 0.0930 e. The highest BCUT2D eigenvalue weighted by Gasteiger charge is 2.33. The molecule has 1 fully saturated rings. The highest BCUT2D eigenvalue weighted by molar-refractivity contribution is 5.82.